The highest BCUT2D eigenvalue weighted by Crippen LogP contribution is 2.46. The van der Waals surface area contributed by atoms with Crippen molar-refractivity contribution in [2.24, 2.45) is 0 Å². The zero-order valence-electron chi connectivity index (χ0n) is 17.9. The van der Waals surface area contributed by atoms with Gasteiger partial charge in [-0.25, -0.2) is 0 Å². The molecule has 164 valence electrons. The minimum Gasteiger partial charge on any atom is -0.506 e. The number of phenolic OH excluding ortho intramolecular Hbond substituents is 2. The van der Waals surface area contributed by atoms with Gasteiger partial charge in [-0.2, -0.15) is 0 Å². The second kappa shape index (κ2) is 8.43. The molecule has 0 heterocycles. The fourth-order valence-electron chi connectivity index (χ4n) is 4.21. The number of rotatable bonds is 6. The van der Waals surface area contributed by atoms with Crippen molar-refractivity contribution in [2.75, 3.05) is 25.0 Å². The molecule has 0 atom stereocenters. The summed E-state index contributed by atoms with van der Waals surface area (Å²) in [6.45, 7) is 6.28. The molecule has 32 heavy (non-hydrogen) atoms. The lowest BCUT2D eigenvalue weighted by Crippen LogP contribution is -2.27. The molecule has 0 fully saturated rings. The fourth-order valence-corrected chi connectivity index (χ4v) is 4.21. The number of nitrogens with zero attached hydrogens (tertiary/aromatic N) is 1. The van der Waals surface area contributed by atoms with Gasteiger partial charge in [0.15, 0.2) is 11.6 Å². The Bertz CT molecular complexity index is 1260. The second-order valence-electron chi connectivity index (χ2n) is 7.70. The van der Waals surface area contributed by atoms with Gasteiger partial charge in [0.1, 0.15) is 11.5 Å². The number of carbonyl (C=O) groups is 3. The minimum absolute atomic E-state index is 0.125. The Morgan fingerprint density at radius 2 is 1.47 bits per heavy atom. The number of aromatic hydroxyl groups is 2. The maximum absolute atomic E-state index is 13.1. The van der Waals surface area contributed by atoms with Gasteiger partial charge in [0.2, 0.25) is 5.91 Å². The number of anilines is 1. The van der Waals surface area contributed by atoms with Crippen molar-refractivity contribution in [3.05, 3.63) is 64.7 Å². The van der Waals surface area contributed by atoms with Crippen LogP contribution in [0.2, 0.25) is 0 Å². The number of hydrogen-bond acceptors (Lipinski definition) is 6. The molecular formula is C25H24N2O5. The molecule has 1 amide bonds. The molecule has 0 aliphatic heterocycles. The first-order valence-corrected chi connectivity index (χ1v) is 10.6. The van der Waals surface area contributed by atoms with E-state index < -0.39 is 17.3 Å². The van der Waals surface area contributed by atoms with Crippen molar-refractivity contribution >= 4 is 33.9 Å². The quantitative estimate of drug-likeness (QED) is 0.401. The second-order valence-corrected chi connectivity index (χ2v) is 7.70. The molecule has 4 rings (SSSR count). The Hall–Kier alpha value is -3.71. The van der Waals surface area contributed by atoms with Gasteiger partial charge in [-0.05, 0) is 19.2 Å². The summed E-state index contributed by atoms with van der Waals surface area (Å²) in [5, 5.41) is 25.1. The Kier molecular flexibility index (Phi) is 5.67. The number of nitrogens with one attached hydrogen (secondary N) is 1. The number of ketones is 2. The van der Waals surface area contributed by atoms with Crippen LogP contribution in [0.4, 0.5) is 5.69 Å². The predicted octanol–water partition coefficient (Wildman–Crippen LogP) is 3.70. The van der Waals surface area contributed by atoms with E-state index in [2.05, 4.69) is 10.2 Å². The average molecular weight is 432 g/mol. The highest BCUT2D eigenvalue weighted by molar-refractivity contribution is 6.33. The Labute approximate surface area is 185 Å². The number of amides is 1. The topological polar surface area (TPSA) is 107 Å². The van der Waals surface area contributed by atoms with Crippen molar-refractivity contribution in [3.8, 4) is 11.5 Å². The number of fused-ring (bicyclic) bond motifs is 3. The summed E-state index contributed by atoms with van der Waals surface area (Å²) in [5.74, 6) is -2.15. The first kappa shape index (κ1) is 21.5. The maximum atomic E-state index is 13.1. The van der Waals surface area contributed by atoms with Crippen LogP contribution < -0.4 is 5.32 Å². The van der Waals surface area contributed by atoms with Crippen molar-refractivity contribution in [1.29, 1.82) is 0 Å². The molecule has 0 aromatic heterocycles. The third-order valence-electron chi connectivity index (χ3n) is 5.97. The number of hydrogen-bond donors (Lipinski definition) is 3. The SMILES string of the molecule is CCN(CC)CCC(=O)Nc1cccc2c(O)c3c(c(O)c12)C(=O)c1ccccc1C3=O. The van der Waals surface area contributed by atoms with E-state index in [4.69, 9.17) is 0 Å². The summed E-state index contributed by atoms with van der Waals surface area (Å²) in [4.78, 5) is 40.8. The van der Waals surface area contributed by atoms with Gasteiger partial charge in [-0.3, -0.25) is 14.4 Å². The van der Waals surface area contributed by atoms with Crippen LogP contribution in [-0.4, -0.2) is 52.2 Å². The molecule has 0 saturated heterocycles. The summed E-state index contributed by atoms with van der Waals surface area (Å²) >= 11 is 0. The zero-order chi connectivity index (χ0) is 23.0. The van der Waals surface area contributed by atoms with Gasteiger partial charge < -0.3 is 20.4 Å². The smallest absolute Gasteiger partial charge is 0.225 e. The maximum Gasteiger partial charge on any atom is 0.225 e. The van der Waals surface area contributed by atoms with E-state index in [1.807, 2.05) is 13.8 Å². The van der Waals surface area contributed by atoms with E-state index in [-0.39, 0.29) is 56.8 Å². The lowest BCUT2D eigenvalue weighted by molar-refractivity contribution is -0.116. The lowest BCUT2D eigenvalue weighted by Gasteiger charge is -2.22. The van der Waals surface area contributed by atoms with Gasteiger partial charge >= 0.3 is 0 Å². The van der Waals surface area contributed by atoms with Crippen molar-refractivity contribution in [1.82, 2.24) is 4.90 Å². The Morgan fingerprint density at radius 1 is 0.875 bits per heavy atom. The van der Waals surface area contributed by atoms with Crippen molar-refractivity contribution < 1.29 is 24.6 Å². The van der Waals surface area contributed by atoms with Crippen LogP contribution in [0.1, 0.15) is 52.1 Å². The number of carbonyl (C=O) groups excluding carboxylic acids is 3. The van der Waals surface area contributed by atoms with Crippen LogP contribution in [0.5, 0.6) is 11.5 Å². The molecule has 3 aromatic rings. The van der Waals surface area contributed by atoms with Crippen LogP contribution in [0, 0.1) is 0 Å². The predicted molar refractivity (Wildman–Crippen MR) is 122 cm³/mol. The molecule has 0 bridgehead atoms. The lowest BCUT2D eigenvalue weighted by atomic mass is 9.81. The van der Waals surface area contributed by atoms with Crippen molar-refractivity contribution in [3.63, 3.8) is 0 Å². The summed E-state index contributed by atoms with van der Waals surface area (Å²) in [6, 6.07) is 11.0. The first-order chi connectivity index (χ1) is 15.4. The third-order valence-corrected chi connectivity index (χ3v) is 5.97. The molecule has 0 radical (unpaired) electrons. The van der Waals surface area contributed by atoms with E-state index in [1.54, 1.807) is 24.3 Å². The normalized spacial score (nSPS) is 12.7. The van der Waals surface area contributed by atoms with Crippen molar-refractivity contribution in [2.45, 2.75) is 20.3 Å². The summed E-state index contributed by atoms with van der Waals surface area (Å²) in [7, 11) is 0. The molecule has 7 nitrogen and oxygen atoms in total. The van der Waals surface area contributed by atoms with Gasteiger partial charge in [0, 0.05) is 29.5 Å². The Balaban J connectivity index is 1.81. The Morgan fingerprint density at radius 3 is 2.06 bits per heavy atom. The van der Waals surface area contributed by atoms with E-state index in [9.17, 15) is 24.6 Å². The molecule has 1 aliphatic rings. The molecule has 0 saturated carbocycles. The largest absolute Gasteiger partial charge is 0.506 e. The van der Waals surface area contributed by atoms with Gasteiger partial charge in [0.05, 0.1) is 22.2 Å². The highest BCUT2D eigenvalue weighted by atomic mass is 16.3. The van der Waals surface area contributed by atoms with E-state index >= 15 is 0 Å². The first-order valence-electron chi connectivity index (χ1n) is 10.6. The summed E-state index contributed by atoms with van der Waals surface area (Å²) in [5.41, 5.74) is 0.147. The molecule has 1 aliphatic carbocycles. The molecule has 3 N–H and O–H groups in total. The number of phenols is 2. The monoisotopic (exact) mass is 432 g/mol. The van der Waals surface area contributed by atoms with Crippen LogP contribution in [0.15, 0.2) is 42.5 Å². The van der Waals surface area contributed by atoms with Gasteiger partial charge in [-0.15, -0.1) is 0 Å². The summed E-state index contributed by atoms with van der Waals surface area (Å²) in [6.07, 6.45) is 0.251. The number of benzene rings is 3. The highest BCUT2D eigenvalue weighted by Gasteiger charge is 2.36. The molecule has 7 heteroatoms. The van der Waals surface area contributed by atoms with Crippen LogP contribution in [-0.2, 0) is 4.79 Å². The molecule has 3 aromatic carbocycles. The summed E-state index contributed by atoms with van der Waals surface area (Å²) < 4.78 is 0. The minimum atomic E-state index is -0.549. The van der Waals surface area contributed by atoms with Crippen LogP contribution >= 0.6 is 0 Å². The van der Waals surface area contributed by atoms with E-state index in [1.165, 1.54) is 18.2 Å². The third kappa shape index (κ3) is 3.40. The average Bonchev–Trinajstić information content (AvgIpc) is 2.80. The van der Waals surface area contributed by atoms with Gasteiger partial charge in [0.25, 0.3) is 0 Å². The van der Waals surface area contributed by atoms with Crippen LogP contribution in [0.25, 0.3) is 10.8 Å². The van der Waals surface area contributed by atoms with Crippen LogP contribution in [0.3, 0.4) is 0 Å². The fraction of sp³-hybridized carbons (Fsp3) is 0.240. The molecule has 0 spiro atoms. The zero-order valence-corrected chi connectivity index (χ0v) is 17.9. The van der Waals surface area contributed by atoms with Gasteiger partial charge in [-0.1, -0.05) is 50.2 Å². The standard InChI is InChI=1S/C25H24N2O5/c1-3-27(4-2)13-12-18(28)26-17-11-7-10-16-19(17)25(32)21-20(24(16)31)22(29)14-8-5-6-9-15(14)23(21)30/h5-11,31-32H,3-4,12-13H2,1-2H3,(H,26,28). The van der Waals surface area contributed by atoms with E-state index in [0.717, 1.165) is 13.1 Å². The van der Waals surface area contributed by atoms with E-state index in [0.29, 0.717) is 6.54 Å². The molecule has 0 unspecified atom stereocenters. The molecular weight excluding hydrogens is 408 g/mol.